The van der Waals surface area contributed by atoms with Gasteiger partial charge in [-0.15, -0.1) is 0 Å². The van der Waals surface area contributed by atoms with Gasteiger partial charge in [-0.1, -0.05) is 23.7 Å². The van der Waals surface area contributed by atoms with E-state index >= 15 is 0 Å². The van der Waals surface area contributed by atoms with Gasteiger partial charge in [-0.2, -0.15) is 13.1 Å². The van der Waals surface area contributed by atoms with Crippen LogP contribution in [0.3, 0.4) is 0 Å². The van der Waals surface area contributed by atoms with Gasteiger partial charge >= 0.3 is 6.61 Å². The number of carbonyl (C=O) groups excluding carboxylic acids is 1. The Morgan fingerprint density at radius 1 is 1.13 bits per heavy atom. The summed E-state index contributed by atoms with van der Waals surface area (Å²) in [7, 11) is -3.46. The molecule has 30 heavy (non-hydrogen) atoms. The molecule has 162 valence electrons. The number of benzene rings is 2. The highest BCUT2D eigenvalue weighted by molar-refractivity contribution is 7.89. The molecule has 1 fully saturated rings. The van der Waals surface area contributed by atoms with E-state index in [2.05, 4.69) is 10.1 Å². The molecule has 0 atom stereocenters. The molecule has 0 aliphatic carbocycles. The molecule has 0 unspecified atom stereocenters. The third kappa shape index (κ3) is 5.68. The van der Waals surface area contributed by atoms with Gasteiger partial charge in [0.15, 0.2) is 0 Å². The fourth-order valence-electron chi connectivity index (χ4n) is 3.16. The van der Waals surface area contributed by atoms with Crippen molar-refractivity contribution in [3.05, 3.63) is 53.1 Å². The molecule has 0 saturated carbocycles. The summed E-state index contributed by atoms with van der Waals surface area (Å²) < 4.78 is 55.3. The van der Waals surface area contributed by atoms with Crippen molar-refractivity contribution in [2.45, 2.75) is 37.2 Å². The van der Waals surface area contributed by atoms with Crippen molar-refractivity contribution in [2.75, 3.05) is 18.4 Å². The second-order valence-corrected chi connectivity index (χ2v) is 9.17. The number of aryl methyl sites for hydroxylation is 1. The van der Waals surface area contributed by atoms with Crippen LogP contribution in [-0.2, 0) is 21.2 Å². The van der Waals surface area contributed by atoms with Crippen LogP contribution in [0.1, 0.15) is 24.8 Å². The molecule has 1 heterocycles. The summed E-state index contributed by atoms with van der Waals surface area (Å²) in [5.41, 5.74) is 1.18. The third-order valence-electron chi connectivity index (χ3n) is 4.70. The standard InChI is InChI=1S/C20H21ClF2N2O4S/c21-17-13-15(6-9-18(17)29-20(22)23)24-19(26)10-5-14-3-7-16(8-4-14)30(27,28)25-11-1-2-12-25/h3-4,6-9,13,20H,1-2,5,10-12H2,(H,24,26). The Morgan fingerprint density at radius 2 is 1.80 bits per heavy atom. The molecular weight excluding hydrogens is 438 g/mol. The molecule has 2 aromatic carbocycles. The number of hydrogen-bond donors (Lipinski definition) is 1. The molecule has 1 aliphatic rings. The fourth-order valence-corrected chi connectivity index (χ4v) is 4.90. The van der Waals surface area contributed by atoms with Crippen molar-refractivity contribution in [3.63, 3.8) is 0 Å². The van der Waals surface area contributed by atoms with Crippen LogP contribution in [-0.4, -0.2) is 38.3 Å². The monoisotopic (exact) mass is 458 g/mol. The van der Waals surface area contributed by atoms with Gasteiger partial charge in [0.1, 0.15) is 5.75 Å². The smallest absolute Gasteiger partial charge is 0.387 e. The van der Waals surface area contributed by atoms with Crippen molar-refractivity contribution in [2.24, 2.45) is 0 Å². The van der Waals surface area contributed by atoms with Crippen LogP contribution in [0.5, 0.6) is 5.75 Å². The minimum Gasteiger partial charge on any atom is -0.433 e. The first kappa shape index (κ1) is 22.5. The summed E-state index contributed by atoms with van der Waals surface area (Å²) in [5, 5.41) is 2.60. The number of sulfonamides is 1. The first-order chi connectivity index (χ1) is 14.3. The Morgan fingerprint density at radius 3 is 2.40 bits per heavy atom. The number of anilines is 1. The van der Waals surface area contributed by atoms with E-state index < -0.39 is 16.6 Å². The Balaban J connectivity index is 1.54. The molecule has 1 N–H and O–H groups in total. The van der Waals surface area contributed by atoms with Gasteiger partial charge in [0, 0.05) is 25.2 Å². The van der Waals surface area contributed by atoms with Gasteiger partial charge in [-0.25, -0.2) is 8.42 Å². The number of carbonyl (C=O) groups is 1. The Kier molecular flexibility index (Phi) is 7.27. The van der Waals surface area contributed by atoms with E-state index in [0.29, 0.717) is 25.2 Å². The molecule has 6 nitrogen and oxygen atoms in total. The largest absolute Gasteiger partial charge is 0.433 e. The van der Waals surface area contributed by atoms with Crippen LogP contribution in [0.4, 0.5) is 14.5 Å². The van der Waals surface area contributed by atoms with Crippen molar-refractivity contribution in [3.8, 4) is 5.75 Å². The van der Waals surface area contributed by atoms with E-state index in [-0.39, 0.29) is 28.0 Å². The van der Waals surface area contributed by atoms with Crippen LogP contribution >= 0.6 is 11.6 Å². The molecule has 10 heteroatoms. The number of nitrogens with zero attached hydrogens (tertiary/aromatic N) is 1. The lowest BCUT2D eigenvalue weighted by Crippen LogP contribution is -2.27. The van der Waals surface area contributed by atoms with Gasteiger partial charge in [0.25, 0.3) is 0 Å². The van der Waals surface area contributed by atoms with Gasteiger partial charge in [-0.05, 0) is 55.2 Å². The number of hydrogen-bond acceptors (Lipinski definition) is 4. The van der Waals surface area contributed by atoms with E-state index in [1.54, 1.807) is 24.3 Å². The number of rotatable bonds is 8. The quantitative estimate of drug-likeness (QED) is 0.640. The summed E-state index contributed by atoms with van der Waals surface area (Å²) in [4.78, 5) is 12.4. The zero-order valence-corrected chi connectivity index (χ0v) is 17.6. The van der Waals surface area contributed by atoms with Crippen LogP contribution in [0, 0.1) is 0 Å². The average Bonchev–Trinajstić information content (AvgIpc) is 3.24. The normalized spacial score (nSPS) is 14.8. The molecule has 0 bridgehead atoms. The predicted octanol–water partition coefficient (Wildman–Crippen LogP) is 4.30. The van der Waals surface area contributed by atoms with E-state index in [1.165, 1.54) is 22.5 Å². The van der Waals surface area contributed by atoms with Crippen LogP contribution in [0.2, 0.25) is 5.02 Å². The summed E-state index contributed by atoms with van der Waals surface area (Å²) in [6.45, 7) is -1.90. The van der Waals surface area contributed by atoms with E-state index in [1.807, 2.05) is 0 Å². The molecule has 0 aromatic heterocycles. The highest BCUT2D eigenvalue weighted by Crippen LogP contribution is 2.29. The second kappa shape index (κ2) is 9.72. The molecular formula is C20H21ClF2N2O4S. The maximum atomic E-state index is 12.5. The minimum atomic E-state index is -3.46. The first-order valence-corrected chi connectivity index (χ1v) is 11.2. The molecule has 0 spiro atoms. The van der Waals surface area contributed by atoms with E-state index in [0.717, 1.165) is 18.4 Å². The number of amides is 1. The summed E-state index contributed by atoms with van der Waals surface area (Å²) >= 11 is 5.87. The lowest BCUT2D eigenvalue weighted by molar-refractivity contribution is -0.116. The Hall–Kier alpha value is -2.23. The summed E-state index contributed by atoms with van der Waals surface area (Å²) in [6, 6.07) is 10.5. The SMILES string of the molecule is O=C(CCc1ccc(S(=O)(=O)N2CCCC2)cc1)Nc1ccc(OC(F)F)c(Cl)c1. The first-order valence-electron chi connectivity index (χ1n) is 9.39. The van der Waals surface area contributed by atoms with Crippen molar-refractivity contribution in [1.82, 2.24) is 4.31 Å². The van der Waals surface area contributed by atoms with Gasteiger partial charge in [0.05, 0.1) is 9.92 Å². The third-order valence-corrected chi connectivity index (χ3v) is 6.91. The maximum absolute atomic E-state index is 12.5. The zero-order valence-electron chi connectivity index (χ0n) is 16.0. The van der Waals surface area contributed by atoms with E-state index in [4.69, 9.17) is 11.6 Å². The van der Waals surface area contributed by atoms with Gasteiger partial charge in [-0.3, -0.25) is 4.79 Å². The van der Waals surface area contributed by atoms with Crippen molar-refractivity contribution in [1.29, 1.82) is 0 Å². The van der Waals surface area contributed by atoms with Crippen molar-refractivity contribution >= 4 is 33.2 Å². The van der Waals surface area contributed by atoms with Crippen molar-refractivity contribution < 1.29 is 26.7 Å². The van der Waals surface area contributed by atoms with Gasteiger partial charge < -0.3 is 10.1 Å². The molecule has 1 amide bonds. The topological polar surface area (TPSA) is 75.7 Å². The van der Waals surface area contributed by atoms with Crippen LogP contribution in [0.25, 0.3) is 0 Å². The second-order valence-electron chi connectivity index (χ2n) is 6.83. The Bertz CT molecular complexity index is 994. The average molecular weight is 459 g/mol. The maximum Gasteiger partial charge on any atom is 0.387 e. The van der Waals surface area contributed by atoms with Crippen LogP contribution < -0.4 is 10.1 Å². The molecule has 1 aliphatic heterocycles. The zero-order chi connectivity index (χ0) is 21.7. The summed E-state index contributed by atoms with van der Waals surface area (Å²) in [6.07, 6.45) is 2.32. The number of halogens is 3. The summed E-state index contributed by atoms with van der Waals surface area (Å²) in [5.74, 6) is -0.462. The molecule has 3 rings (SSSR count). The number of ether oxygens (including phenoxy) is 1. The van der Waals surface area contributed by atoms with Crippen LogP contribution in [0.15, 0.2) is 47.4 Å². The number of nitrogens with one attached hydrogen (secondary N) is 1. The number of alkyl halides is 2. The minimum absolute atomic E-state index is 0.0390. The molecule has 0 radical (unpaired) electrons. The lowest BCUT2D eigenvalue weighted by Gasteiger charge is -2.15. The highest BCUT2D eigenvalue weighted by atomic mass is 35.5. The molecule has 2 aromatic rings. The lowest BCUT2D eigenvalue weighted by atomic mass is 10.1. The molecule has 1 saturated heterocycles. The predicted molar refractivity (Wildman–Crippen MR) is 109 cm³/mol. The van der Waals surface area contributed by atoms with E-state index in [9.17, 15) is 22.0 Å². The van der Waals surface area contributed by atoms with Gasteiger partial charge in [0.2, 0.25) is 15.9 Å². The fraction of sp³-hybridized carbons (Fsp3) is 0.350. The highest BCUT2D eigenvalue weighted by Gasteiger charge is 2.26. The Labute approximate surface area is 178 Å².